The summed E-state index contributed by atoms with van der Waals surface area (Å²) in [6.07, 6.45) is 36.3. The van der Waals surface area contributed by atoms with Gasteiger partial charge < -0.3 is 9.64 Å². The van der Waals surface area contributed by atoms with Crippen molar-refractivity contribution in [2.24, 2.45) is 0 Å². The zero-order valence-corrected chi connectivity index (χ0v) is 24.5. The predicted octanol–water partition coefficient (Wildman–Crippen LogP) is 10.0. The van der Waals surface area contributed by atoms with Crippen LogP contribution in [0, 0.1) is 0 Å². The van der Waals surface area contributed by atoms with Crippen molar-refractivity contribution >= 4 is 5.97 Å². The van der Waals surface area contributed by atoms with E-state index in [0.29, 0.717) is 6.42 Å². The van der Waals surface area contributed by atoms with Crippen LogP contribution in [0.1, 0.15) is 161 Å². The van der Waals surface area contributed by atoms with Crippen molar-refractivity contribution in [2.75, 3.05) is 21.2 Å². The third kappa shape index (κ3) is 26.1. The van der Waals surface area contributed by atoms with E-state index in [1.54, 1.807) is 0 Å². The maximum Gasteiger partial charge on any atom is 0.305 e. The van der Waals surface area contributed by atoms with Crippen molar-refractivity contribution in [1.29, 1.82) is 0 Å². The second-order valence-corrected chi connectivity index (χ2v) is 10.9. The molecule has 0 bridgehead atoms. The van der Waals surface area contributed by atoms with E-state index in [1.165, 1.54) is 142 Å². The highest BCUT2D eigenvalue weighted by molar-refractivity contribution is 5.68. The second-order valence-electron chi connectivity index (χ2n) is 10.9. The molecular weight excluding hydrogens is 430 g/mol. The Morgan fingerprint density at radius 2 is 1.03 bits per heavy atom. The summed E-state index contributed by atoms with van der Waals surface area (Å²) in [4.78, 5) is 13.5. The van der Waals surface area contributed by atoms with Crippen LogP contribution in [0.3, 0.4) is 0 Å². The molecule has 208 valence electrons. The Labute approximate surface area is 220 Å². The number of nitrogens with zero attached hydrogens (tertiary/aromatic N) is 1. The zero-order valence-electron chi connectivity index (χ0n) is 24.5. The van der Waals surface area contributed by atoms with E-state index in [1.807, 2.05) is 0 Å². The van der Waals surface area contributed by atoms with Crippen LogP contribution >= 0.6 is 0 Å². The van der Waals surface area contributed by atoms with Crippen molar-refractivity contribution in [3.8, 4) is 0 Å². The molecule has 1 unspecified atom stereocenters. The van der Waals surface area contributed by atoms with Crippen LogP contribution in [0.4, 0.5) is 0 Å². The van der Waals surface area contributed by atoms with Gasteiger partial charge >= 0.3 is 5.97 Å². The lowest BCUT2D eigenvalue weighted by Crippen LogP contribution is -2.27. The van der Waals surface area contributed by atoms with Crippen molar-refractivity contribution in [2.45, 2.75) is 167 Å². The molecule has 0 heterocycles. The van der Waals surface area contributed by atoms with Crippen LogP contribution in [0.25, 0.3) is 0 Å². The van der Waals surface area contributed by atoms with Gasteiger partial charge in [-0.15, -0.1) is 0 Å². The molecule has 0 aromatic heterocycles. The first-order valence-electron chi connectivity index (χ1n) is 15.5. The minimum absolute atomic E-state index is 0.0735. The van der Waals surface area contributed by atoms with E-state index in [9.17, 15) is 4.79 Å². The van der Waals surface area contributed by atoms with Crippen LogP contribution in [-0.4, -0.2) is 38.1 Å². The molecule has 1 atom stereocenters. The highest BCUT2D eigenvalue weighted by Gasteiger charge is 2.10. The molecule has 0 radical (unpaired) electrons. The van der Waals surface area contributed by atoms with E-state index in [4.69, 9.17) is 0 Å². The van der Waals surface area contributed by atoms with Gasteiger partial charge in [0.25, 0.3) is 0 Å². The lowest BCUT2D eigenvalue weighted by atomic mass is 9.99. The second kappa shape index (κ2) is 27.8. The summed E-state index contributed by atoms with van der Waals surface area (Å²) in [6, 6.07) is 0.798. The fraction of sp³-hybridized carbons (Fsp3) is 0.906. The molecule has 0 amide bonds. The number of hydrogen-bond acceptors (Lipinski definition) is 3. The first-order chi connectivity index (χ1) is 17.1. The Morgan fingerprint density at radius 3 is 1.46 bits per heavy atom. The topological polar surface area (TPSA) is 29.5 Å². The standard InChI is InChI=1S/C32H63NO2/c1-5-6-7-8-22-25-28-31(33(2)3)29-26-23-20-18-16-14-12-10-9-11-13-15-17-19-21-24-27-30-32(34)35-4/h11,13,31H,5-10,12,14-30H2,1-4H3. The molecule has 0 N–H and O–H groups in total. The number of allylic oxidation sites excluding steroid dienone is 2. The lowest BCUT2D eigenvalue weighted by molar-refractivity contribution is -0.140. The summed E-state index contributed by atoms with van der Waals surface area (Å²) in [5.74, 6) is -0.0735. The molecular formula is C32H63NO2. The number of carbonyl (C=O) groups excluding carboxylic acids is 1. The van der Waals surface area contributed by atoms with E-state index in [0.717, 1.165) is 18.9 Å². The number of esters is 1. The fourth-order valence-corrected chi connectivity index (χ4v) is 4.92. The number of rotatable bonds is 27. The molecule has 0 spiro atoms. The molecule has 0 fully saturated rings. The van der Waals surface area contributed by atoms with E-state index >= 15 is 0 Å². The molecule has 35 heavy (non-hydrogen) atoms. The molecule has 0 aliphatic carbocycles. The largest absolute Gasteiger partial charge is 0.469 e. The average molecular weight is 494 g/mol. The molecule has 0 aromatic rings. The zero-order chi connectivity index (χ0) is 25.8. The van der Waals surface area contributed by atoms with Crippen LogP contribution < -0.4 is 0 Å². The Bertz CT molecular complexity index is 460. The van der Waals surface area contributed by atoms with E-state index in [2.05, 4.69) is 42.8 Å². The summed E-state index contributed by atoms with van der Waals surface area (Å²) in [5, 5.41) is 0. The number of unbranched alkanes of at least 4 members (excludes halogenated alkanes) is 18. The highest BCUT2D eigenvalue weighted by Crippen LogP contribution is 2.17. The maximum absolute atomic E-state index is 11.0. The van der Waals surface area contributed by atoms with Gasteiger partial charge in [0, 0.05) is 12.5 Å². The molecule has 0 saturated carbocycles. The maximum atomic E-state index is 11.0. The molecule has 3 heteroatoms. The van der Waals surface area contributed by atoms with Gasteiger partial charge in [-0.1, -0.05) is 122 Å². The minimum Gasteiger partial charge on any atom is -0.469 e. The van der Waals surface area contributed by atoms with Gasteiger partial charge in [-0.25, -0.2) is 0 Å². The Balaban J connectivity index is 3.38. The van der Waals surface area contributed by atoms with Gasteiger partial charge in [-0.3, -0.25) is 4.79 Å². The summed E-state index contributed by atoms with van der Waals surface area (Å²) in [5.41, 5.74) is 0. The summed E-state index contributed by atoms with van der Waals surface area (Å²) in [6.45, 7) is 2.30. The van der Waals surface area contributed by atoms with Crippen molar-refractivity contribution < 1.29 is 9.53 Å². The third-order valence-electron chi connectivity index (χ3n) is 7.43. The van der Waals surface area contributed by atoms with Gasteiger partial charge in [-0.05, 0) is 59.0 Å². The monoisotopic (exact) mass is 493 g/mol. The van der Waals surface area contributed by atoms with E-state index < -0.39 is 0 Å². The van der Waals surface area contributed by atoms with Gasteiger partial charge in [-0.2, -0.15) is 0 Å². The fourth-order valence-electron chi connectivity index (χ4n) is 4.92. The first-order valence-corrected chi connectivity index (χ1v) is 15.5. The number of carbonyl (C=O) groups is 1. The summed E-state index contributed by atoms with van der Waals surface area (Å²) in [7, 11) is 6.01. The lowest BCUT2D eigenvalue weighted by Gasteiger charge is -2.24. The summed E-state index contributed by atoms with van der Waals surface area (Å²) < 4.78 is 4.67. The molecule has 0 saturated heterocycles. The van der Waals surface area contributed by atoms with Crippen molar-refractivity contribution in [1.82, 2.24) is 4.90 Å². The molecule has 0 aliphatic rings. The first kappa shape index (κ1) is 34.2. The minimum atomic E-state index is -0.0735. The van der Waals surface area contributed by atoms with E-state index in [-0.39, 0.29) is 5.97 Å². The summed E-state index contributed by atoms with van der Waals surface area (Å²) >= 11 is 0. The Morgan fingerprint density at radius 1 is 0.629 bits per heavy atom. The normalized spacial score (nSPS) is 12.6. The third-order valence-corrected chi connectivity index (χ3v) is 7.43. The number of ether oxygens (including phenoxy) is 1. The molecule has 0 aromatic carbocycles. The molecule has 3 nitrogen and oxygen atoms in total. The van der Waals surface area contributed by atoms with Gasteiger partial charge in [0.2, 0.25) is 0 Å². The van der Waals surface area contributed by atoms with Crippen LogP contribution in [0.15, 0.2) is 12.2 Å². The van der Waals surface area contributed by atoms with Crippen LogP contribution in [0.5, 0.6) is 0 Å². The average Bonchev–Trinajstić information content (AvgIpc) is 2.85. The van der Waals surface area contributed by atoms with Crippen molar-refractivity contribution in [3.05, 3.63) is 12.2 Å². The molecule has 0 rings (SSSR count). The van der Waals surface area contributed by atoms with Gasteiger partial charge in [0.05, 0.1) is 7.11 Å². The van der Waals surface area contributed by atoms with Gasteiger partial charge in [0.15, 0.2) is 0 Å². The smallest absolute Gasteiger partial charge is 0.305 e. The van der Waals surface area contributed by atoms with Crippen molar-refractivity contribution in [3.63, 3.8) is 0 Å². The number of methoxy groups -OCH3 is 1. The van der Waals surface area contributed by atoms with Crippen LogP contribution in [0.2, 0.25) is 0 Å². The predicted molar refractivity (Wildman–Crippen MR) is 155 cm³/mol. The molecule has 0 aliphatic heterocycles. The Hall–Kier alpha value is -0.830. The van der Waals surface area contributed by atoms with Crippen LogP contribution in [-0.2, 0) is 9.53 Å². The van der Waals surface area contributed by atoms with Gasteiger partial charge in [0.1, 0.15) is 0 Å². The number of hydrogen-bond donors (Lipinski definition) is 0. The Kier molecular flexibility index (Phi) is 27.1. The quantitative estimate of drug-likeness (QED) is 0.0647. The SMILES string of the molecule is CCCCCCCCC(CCCCCCCCCCC=CCCCCCCCC(=O)OC)N(C)C. The highest BCUT2D eigenvalue weighted by atomic mass is 16.5.